The molecule has 2 unspecified atom stereocenters. The molecule has 3 nitrogen and oxygen atoms in total. The van der Waals surface area contributed by atoms with Gasteiger partial charge in [0.2, 0.25) is 0 Å². The molecule has 0 amide bonds. The van der Waals surface area contributed by atoms with Gasteiger partial charge < -0.3 is 5.73 Å². The summed E-state index contributed by atoms with van der Waals surface area (Å²) in [7, 11) is 0. The van der Waals surface area contributed by atoms with Gasteiger partial charge in [0, 0.05) is 38.3 Å². The third kappa shape index (κ3) is 1.87. The molecule has 2 aliphatic rings. The predicted molar refractivity (Wildman–Crippen MR) is 54.7 cm³/mol. The van der Waals surface area contributed by atoms with Crippen LogP contribution >= 0.6 is 0 Å². The van der Waals surface area contributed by atoms with Crippen LogP contribution in [0.3, 0.4) is 0 Å². The van der Waals surface area contributed by atoms with Crippen molar-refractivity contribution in [2.24, 2.45) is 5.73 Å². The third-order valence-electron chi connectivity index (χ3n) is 3.58. The summed E-state index contributed by atoms with van der Waals surface area (Å²) < 4.78 is 0. The van der Waals surface area contributed by atoms with Gasteiger partial charge in [-0.1, -0.05) is 0 Å². The van der Waals surface area contributed by atoms with Crippen LogP contribution in [0.4, 0.5) is 0 Å². The second kappa shape index (κ2) is 3.95. The number of nitrogens with zero attached hydrogens (tertiary/aromatic N) is 2. The maximum Gasteiger partial charge on any atom is 0.0224 e. The Hall–Kier alpha value is -0.120. The van der Waals surface area contributed by atoms with Gasteiger partial charge in [-0.2, -0.15) is 0 Å². The highest BCUT2D eigenvalue weighted by molar-refractivity contribution is 4.88. The Balaban J connectivity index is 1.89. The number of hydrogen-bond donors (Lipinski definition) is 1. The minimum absolute atomic E-state index is 0.572. The van der Waals surface area contributed by atoms with Gasteiger partial charge in [0.05, 0.1) is 0 Å². The van der Waals surface area contributed by atoms with Gasteiger partial charge in [-0.3, -0.25) is 9.80 Å². The Kier molecular flexibility index (Phi) is 2.86. The SMILES string of the molecule is CC(CN)N1CCN2CCCC2C1. The molecule has 0 aromatic carbocycles. The lowest BCUT2D eigenvalue weighted by molar-refractivity contribution is 0.0797. The zero-order valence-corrected chi connectivity index (χ0v) is 8.58. The van der Waals surface area contributed by atoms with E-state index in [1.165, 1.54) is 39.0 Å². The van der Waals surface area contributed by atoms with Crippen LogP contribution in [-0.4, -0.2) is 54.6 Å². The fraction of sp³-hybridized carbons (Fsp3) is 1.00. The fourth-order valence-corrected chi connectivity index (χ4v) is 2.56. The van der Waals surface area contributed by atoms with Crippen molar-refractivity contribution in [3.63, 3.8) is 0 Å². The number of piperazine rings is 1. The summed E-state index contributed by atoms with van der Waals surface area (Å²) in [5.41, 5.74) is 5.68. The van der Waals surface area contributed by atoms with Crippen LogP contribution in [0, 0.1) is 0 Å². The van der Waals surface area contributed by atoms with Crippen molar-refractivity contribution in [2.75, 3.05) is 32.7 Å². The molecule has 13 heavy (non-hydrogen) atoms. The second-order valence-electron chi connectivity index (χ2n) is 4.41. The first-order valence-corrected chi connectivity index (χ1v) is 5.49. The summed E-state index contributed by atoms with van der Waals surface area (Å²) in [5, 5.41) is 0. The van der Waals surface area contributed by atoms with Crippen molar-refractivity contribution in [1.82, 2.24) is 9.80 Å². The summed E-state index contributed by atoms with van der Waals surface area (Å²) in [6.07, 6.45) is 2.79. The van der Waals surface area contributed by atoms with Crippen LogP contribution in [0.15, 0.2) is 0 Å². The van der Waals surface area contributed by atoms with Gasteiger partial charge in [0.1, 0.15) is 0 Å². The lowest BCUT2D eigenvalue weighted by atomic mass is 10.1. The summed E-state index contributed by atoms with van der Waals surface area (Å²) >= 11 is 0. The van der Waals surface area contributed by atoms with E-state index in [9.17, 15) is 0 Å². The van der Waals surface area contributed by atoms with Gasteiger partial charge in [-0.25, -0.2) is 0 Å². The average molecular weight is 183 g/mol. The molecule has 2 atom stereocenters. The average Bonchev–Trinajstić information content (AvgIpc) is 2.63. The molecule has 2 saturated heterocycles. The van der Waals surface area contributed by atoms with E-state index in [4.69, 9.17) is 5.73 Å². The lowest BCUT2D eigenvalue weighted by Crippen LogP contribution is -2.54. The molecule has 2 rings (SSSR count). The quantitative estimate of drug-likeness (QED) is 0.660. The molecule has 0 aromatic rings. The topological polar surface area (TPSA) is 32.5 Å². The highest BCUT2D eigenvalue weighted by atomic mass is 15.3. The van der Waals surface area contributed by atoms with Crippen LogP contribution in [0.5, 0.6) is 0 Å². The second-order valence-corrected chi connectivity index (χ2v) is 4.41. The summed E-state index contributed by atoms with van der Waals surface area (Å²) in [6.45, 7) is 8.09. The third-order valence-corrected chi connectivity index (χ3v) is 3.58. The molecule has 0 aromatic heterocycles. The summed E-state index contributed by atoms with van der Waals surface area (Å²) in [6, 6.07) is 1.41. The van der Waals surface area contributed by atoms with E-state index in [2.05, 4.69) is 16.7 Å². The van der Waals surface area contributed by atoms with Crippen molar-refractivity contribution in [3.8, 4) is 0 Å². The van der Waals surface area contributed by atoms with Crippen LogP contribution in [-0.2, 0) is 0 Å². The molecule has 2 fully saturated rings. The van der Waals surface area contributed by atoms with Crippen molar-refractivity contribution >= 4 is 0 Å². The van der Waals surface area contributed by atoms with Crippen LogP contribution in [0.25, 0.3) is 0 Å². The minimum atomic E-state index is 0.572. The Morgan fingerprint density at radius 1 is 1.38 bits per heavy atom. The van der Waals surface area contributed by atoms with E-state index >= 15 is 0 Å². The standard InChI is InChI=1S/C10H21N3/c1-9(7-11)13-6-5-12-4-2-3-10(12)8-13/h9-10H,2-8,11H2,1H3. The molecular formula is C10H21N3. The number of nitrogens with two attached hydrogens (primary N) is 1. The summed E-state index contributed by atoms with van der Waals surface area (Å²) in [4.78, 5) is 5.19. The first-order valence-electron chi connectivity index (χ1n) is 5.49. The molecule has 76 valence electrons. The van der Waals surface area contributed by atoms with E-state index in [0.717, 1.165) is 12.6 Å². The van der Waals surface area contributed by atoms with Crippen molar-refractivity contribution in [1.29, 1.82) is 0 Å². The van der Waals surface area contributed by atoms with Gasteiger partial charge in [-0.15, -0.1) is 0 Å². The zero-order valence-electron chi connectivity index (χ0n) is 8.58. The number of rotatable bonds is 2. The largest absolute Gasteiger partial charge is 0.329 e. The van der Waals surface area contributed by atoms with Gasteiger partial charge in [0.25, 0.3) is 0 Å². The van der Waals surface area contributed by atoms with Crippen molar-refractivity contribution < 1.29 is 0 Å². The molecular weight excluding hydrogens is 162 g/mol. The molecule has 0 radical (unpaired) electrons. The van der Waals surface area contributed by atoms with Gasteiger partial charge >= 0.3 is 0 Å². The van der Waals surface area contributed by atoms with E-state index < -0.39 is 0 Å². The molecule has 3 heteroatoms. The zero-order chi connectivity index (χ0) is 9.26. The highest BCUT2D eigenvalue weighted by Gasteiger charge is 2.31. The van der Waals surface area contributed by atoms with Gasteiger partial charge in [0.15, 0.2) is 0 Å². The molecule has 0 saturated carbocycles. The van der Waals surface area contributed by atoms with Crippen LogP contribution in [0.1, 0.15) is 19.8 Å². The Bertz CT molecular complexity index is 172. The minimum Gasteiger partial charge on any atom is -0.329 e. The van der Waals surface area contributed by atoms with E-state index in [1.54, 1.807) is 0 Å². The lowest BCUT2D eigenvalue weighted by Gasteiger charge is -2.40. The first kappa shape index (κ1) is 9.44. The molecule has 2 heterocycles. The first-order chi connectivity index (χ1) is 6.31. The maximum atomic E-state index is 5.68. The van der Waals surface area contributed by atoms with Gasteiger partial charge in [-0.05, 0) is 26.3 Å². The fourth-order valence-electron chi connectivity index (χ4n) is 2.56. The maximum absolute atomic E-state index is 5.68. The Labute approximate surface area is 80.9 Å². The molecule has 0 bridgehead atoms. The monoisotopic (exact) mass is 183 g/mol. The summed E-state index contributed by atoms with van der Waals surface area (Å²) in [5.74, 6) is 0. The van der Waals surface area contributed by atoms with E-state index in [1.807, 2.05) is 0 Å². The number of hydrogen-bond acceptors (Lipinski definition) is 3. The van der Waals surface area contributed by atoms with Crippen molar-refractivity contribution in [3.05, 3.63) is 0 Å². The Morgan fingerprint density at radius 2 is 2.23 bits per heavy atom. The van der Waals surface area contributed by atoms with Crippen LogP contribution < -0.4 is 5.73 Å². The molecule has 2 aliphatic heterocycles. The molecule has 0 aliphatic carbocycles. The normalized spacial score (nSPS) is 33.2. The van der Waals surface area contributed by atoms with Crippen molar-refractivity contribution in [2.45, 2.75) is 31.8 Å². The molecule has 0 spiro atoms. The molecule has 2 N–H and O–H groups in total. The highest BCUT2D eigenvalue weighted by Crippen LogP contribution is 2.22. The smallest absolute Gasteiger partial charge is 0.0224 e. The Morgan fingerprint density at radius 3 is 3.00 bits per heavy atom. The van der Waals surface area contributed by atoms with E-state index in [0.29, 0.717) is 6.04 Å². The predicted octanol–water partition coefficient (Wildman–Crippen LogP) is 0.114. The van der Waals surface area contributed by atoms with Crippen LogP contribution in [0.2, 0.25) is 0 Å². The number of fused-ring (bicyclic) bond motifs is 1. The van der Waals surface area contributed by atoms with E-state index in [-0.39, 0.29) is 0 Å².